The summed E-state index contributed by atoms with van der Waals surface area (Å²) in [4.78, 5) is 6.26. The van der Waals surface area contributed by atoms with Crippen LogP contribution in [0.3, 0.4) is 0 Å². The van der Waals surface area contributed by atoms with Crippen molar-refractivity contribution < 1.29 is 0 Å². The van der Waals surface area contributed by atoms with Crippen LogP contribution >= 0.6 is 22.7 Å². The van der Waals surface area contributed by atoms with Crippen LogP contribution in [-0.4, -0.2) is 8.07 Å². The summed E-state index contributed by atoms with van der Waals surface area (Å²) in [6.07, 6.45) is 19.3. The lowest BCUT2D eigenvalue weighted by atomic mass is 9.96. The number of rotatable bonds is 17. The first kappa shape index (κ1) is 29.8. The second-order valence-corrected chi connectivity index (χ2v) is 18.4. The van der Waals surface area contributed by atoms with E-state index in [1.54, 1.807) is 25.3 Å². The Morgan fingerprint density at radius 2 is 1.13 bits per heavy atom. The summed E-state index contributed by atoms with van der Waals surface area (Å²) >= 11 is 4.13. The fourth-order valence-corrected chi connectivity index (χ4v) is 16.2. The maximum Gasteiger partial charge on any atom is 0.152 e. The summed E-state index contributed by atoms with van der Waals surface area (Å²) < 4.78 is 0. The van der Waals surface area contributed by atoms with E-state index in [0.29, 0.717) is 0 Å². The molecule has 0 nitrogen and oxygen atoms in total. The minimum absolute atomic E-state index is 0.847. The molecule has 0 radical (unpaired) electrons. The lowest BCUT2D eigenvalue weighted by Gasteiger charge is -2.34. The molecule has 1 atom stereocenters. The van der Waals surface area contributed by atoms with Gasteiger partial charge in [-0.15, -0.1) is 22.7 Å². The third-order valence-corrected chi connectivity index (χ3v) is 16.6. The van der Waals surface area contributed by atoms with Gasteiger partial charge < -0.3 is 0 Å². The Hall–Kier alpha value is -1.16. The summed E-state index contributed by atoms with van der Waals surface area (Å²) in [5, 5.41) is 5.19. The van der Waals surface area contributed by atoms with E-state index in [0.717, 1.165) is 5.92 Å². The van der Waals surface area contributed by atoms with Gasteiger partial charge in [-0.05, 0) is 65.5 Å². The van der Waals surface area contributed by atoms with E-state index in [-0.39, 0.29) is 0 Å². The van der Waals surface area contributed by atoms with Crippen molar-refractivity contribution in [2.45, 2.75) is 131 Å². The highest BCUT2D eigenvalue weighted by Crippen LogP contribution is 2.42. The quantitative estimate of drug-likeness (QED) is 0.113. The van der Waals surface area contributed by atoms with Gasteiger partial charge in [0.1, 0.15) is 0 Å². The molecule has 3 heterocycles. The Morgan fingerprint density at radius 3 is 1.66 bits per heavy atom. The molecule has 0 bridgehead atoms. The van der Waals surface area contributed by atoms with Gasteiger partial charge >= 0.3 is 0 Å². The zero-order valence-corrected chi connectivity index (χ0v) is 27.6. The SMILES string of the molecule is CCCCCCCCC(CCCCCC)C[Si]1(c2ccc(CCC)cc2)c2cc(C)sc2-c2sc(C)cc21. The molecule has 0 fully saturated rings. The summed E-state index contributed by atoms with van der Waals surface area (Å²) in [5.74, 6) is 0.847. The lowest BCUT2D eigenvalue weighted by Crippen LogP contribution is -2.65. The largest absolute Gasteiger partial charge is 0.152 e. The Kier molecular flexibility index (Phi) is 11.3. The standard InChI is InChI=1S/C35H52S2Si/c1-6-9-11-13-14-16-19-30(18-15-12-10-7-2)26-38(31-22-20-29(17-8-3)21-23-31)32-24-27(4)36-34(32)35-33(38)25-28(5)37-35/h20-25,30H,6-19,26H2,1-5H3. The molecule has 4 rings (SSSR count). The van der Waals surface area contributed by atoms with Crippen LogP contribution < -0.4 is 15.6 Å². The Balaban J connectivity index is 1.69. The second kappa shape index (κ2) is 14.5. The molecule has 1 aliphatic heterocycles. The highest BCUT2D eigenvalue weighted by Gasteiger charge is 2.50. The first-order valence-corrected chi connectivity index (χ1v) is 19.7. The molecule has 1 aromatic carbocycles. The molecule has 0 saturated heterocycles. The summed E-state index contributed by atoms with van der Waals surface area (Å²) in [5.41, 5.74) is 1.50. The van der Waals surface area contributed by atoms with Crippen LogP contribution in [-0.2, 0) is 6.42 Å². The molecule has 0 amide bonds. The molecular weight excluding hydrogens is 513 g/mol. The molecule has 0 aliphatic carbocycles. The van der Waals surface area contributed by atoms with E-state index < -0.39 is 8.07 Å². The van der Waals surface area contributed by atoms with Gasteiger partial charge in [-0.25, -0.2) is 0 Å². The Bertz CT molecular complexity index is 1070. The normalized spacial score (nSPS) is 14.6. The van der Waals surface area contributed by atoms with Gasteiger partial charge in [0, 0.05) is 19.5 Å². The highest BCUT2D eigenvalue weighted by atomic mass is 32.1. The fraction of sp³-hybridized carbons (Fsp3) is 0.600. The van der Waals surface area contributed by atoms with Crippen molar-refractivity contribution in [1.82, 2.24) is 0 Å². The van der Waals surface area contributed by atoms with Crippen molar-refractivity contribution in [2.24, 2.45) is 5.92 Å². The predicted molar refractivity (Wildman–Crippen MR) is 177 cm³/mol. The molecule has 1 aliphatic rings. The van der Waals surface area contributed by atoms with Gasteiger partial charge in [0.15, 0.2) is 8.07 Å². The fourth-order valence-electron chi connectivity index (χ4n) is 6.89. The maximum atomic E-state index is 2.62. The van der Waals surface area contributed by atoms with Gasteiger partial charge in [0.25, 0.3) is 0 Å². The van der Waals surface area contributed by atoms with Crippen LogP contribution in [0.4, 0.5) is 0 Å². The third kappa shape index (κ3) is 6.76. The molecule has 208 valence electrons. The van der Waals surface area contributed by atoms with E-state index in [9.17, 15) is 0 Å². The second-order valence-electron chi connectivity index (χ2n) is 12.0. The van der Waals surface area contributed by atoms with Gasteiger partial charge in [-0.3, -0.25) is 0 Å². The highest BCUT2D eigenvalue weighted by molar-refractivity contribution is 7.31. The topological polar surface area (TPSA) is 0 Å². The van der Waals surface area contributed by atoms with Crippen LogP contribution in [0.5, 0.6) is 0 Å². The molecule has 0 spiro atoms. The monoisotopic (exact) mass is 564 g/mol. The van der Waals surface area contributed by atoms with Crippen molar-refractivity contribution in [2.75, 3.05) is 0 Å². The summed E-state index contributed by atoms with van der Waals surface area (Å²) in [7, 11) is -2.05. The first-order valence-electron chi connectivity index (χ1n) is 15.8. The number of fused-ring (bicyclic) bond motifs is 3. The molecule has 0 saturated carbocycles. The van der Waals surface area contributed by atoms with Crippen molar-refractivity contribution in [1.29, 1.82) is 0 Å². The van der Waals surface area contributed by atoms with Crippen LogP contribution in [0.2, 0.25) is 6.04 Å². The van der Waals surface area contributed by atoms with Crippen molar-refractivity contribution in [3.63, 3.8) is 0 Å². The minimum Gasteiger partial charge on any atom is -0.140 e. The molecule has 3 aromatic rings. The van der Waals surface area contributed by atoms with Gasteiger partial charge in [0.2, 0.25) is 0 Å². The molecular formula is C35H52S2Si. The number of benzene rings is 1. The van der Waals surface area contributed by atoms with Gasteiger partial charge in [0.05, 0.1) is 0 Å². The average molecular weight is 565 g/mol. The molecule has 0 N–H and O–H groups in total. The number of aryl methyl sites for hydroxylation is 3. The predicted octanol–water partition coefficient (Wildman–Crippen LogP) is 10.2. The van der Waals surface area contributed by atoms with Crippen LogP contribution in [0.25, 0.3) is 9.75 Å². The smallest absolute Gasteiger partial charge is 0.140 e. The van der Waals surface area contributed by atoms with Crippen molar-refractivity contribution >= 4 is 46.3 Å². The van der Waals surface area contributed by atoms with Crippen molar-refractivity contribution in [3.05, 3.63) is 51.7 Å². The summed E-state index contributed by atoms with van der Waals surface area (Å²) in [6, 6.07) is 16.7. The third-order valence-electron chi connectivity index (χ3n) is 8.85. The van der Waals surface area contributed by atoms with Crippen molar-refractivity contribution in [3.8, 4) is 9.75 Å². The molecule has 2 aromatic heterocycles. The van der Waals surface area contributed by atoms with E-state index in [2.05, 4.69) is 93.7 Å². The summed E-state index contributed by atoms with van der Waals surface area (Å²) in [6.45, 7) is 11.6. The number of unbranched alkanes of at least 4 members (excludes halogenated alkanes) is 8. The van der Waals surface area contributed by atoms with Gasteiger partial charge in [-0.2, -0.15) is 0 Å². The zero-order valence-electron chi connectivity index (χ0n) is 25.0. The molecule has 3 heteroatoms. The number of hydrogen-bond donors (Lipinski definition) is 0. The van der Waals surface area contributed by atoms with Crippen LogP contribution in [0.1, 0.15) is 120 Å². The van der Waals surface area contributed by atoms with Gasteiger partial charge in [-0.1, -0.05) is 129 Å². The molecule has 1 unspecified atom stereocenters. The zero-order chi connectivity index (χ0) is 27.0. The lowest BCUT2D eigenvalue weighted by molar-refractivity contribution is 0.431. The van der Waals surface area contributed by atoms with Crippen LogP contribution in [0.15, 0.2) is 36.4 Å². The average Bonchev–Trinajstić information content (AvgIpc) is 3.55. The van der Waals surface area contributed by atoms with E-state index in [1.165, 1.54) is 111 Å². The first-order chi connectivity index (χ1) is 18.5. The maximum absolute atomic E-state index is 2.62. The van der Waals surface area contributed by atoms with Crippen LogP contribution in [0, 0.1) is 19.8 Å². The van der Waals surface area contributed by atoms with E-state index >= 15 is 0 Å². The number of thiophene rings is 2. The minimum atomic E-state index is -2.05. The number of hydrogen-bond acceptors (Lipinski definition) is 2. The Labute approximate surface area is 243 Å². The Morgan fingerprint density at radius 1 is 0.632 bits per heavy atom. The van der Waals surface area contributed by atoms with E-state index in [1.807, 2.05) is 0 Å². The van der Waals surface area contributed by atoms with E-state index in [4.69, 9.17) is 0 Å². The molecule has 38 heavy (non-hydrogen) atoms.